The molecule has 1 saturated carbocycles. The minimum Gasteiger partial charge on any atom is -0.497 e. The van der Waals surface area contributed by atoms with Crippen LogP contribution in [-0.2, 0) is 14.9 Å². The topological polar surface area (TPSA) is 91.3 Å². The number of methoxy groups -OCH3 is 1. The summed E-state index contributed by atoms with van der Waals surface area (Å²) in [4.78, 5) is 30.7. The second-order valence-electron chi connectivity index (χ2n) is 12.0. The summed E-state index contributed by atoms with van der Waals surface area (Å²) in [6.07, 6.45) is 4.96. The zero-order valence-corrected chi connectivity index (χ0v) is 23.9. The highest BCUT2D eigenvalue weighted by Gasteiger charge is 2.77. The number of hydrogen-bond acceptors (Lipinski definition) is 7. The molecular weight excluding hydrogens is 506 g/mol. The molecule has 1 spiro atoms. The highest BCUT2D eigenvalue weighted by molar-refractivity contribution is 5.94. The monoisotopic (exact) mass is 545 g/mol. The van der Waals surface area contributed by atoms with Gasteiger partial charge in [0.1, 0.15) is 17.5 Å². The van der Waals surface area contributed by atoms with Crippen LogP contribution < -0.4 is 15.0 Å². The molecule has 2 N–H and O–H groups in total. The molecule has 8 heteroatoms. The molecule has 3 heterocycles. The molecular formula is C32H39N3O5. The molecule has 40 heavy (non-hydrogen) atoms. The first kappa shape index (κ1) is 26.8. The number of amides is 1. The number of carbonyl (C=O) groups excluding carboxylic acids is 2. The van der Waals surface area contributed by atoms with Gasteiger partial charge in [-0.15, -0.1) is 0 Å². The number of aliphatic hydroxyl groups is 1. The highest BCUT2D eigenvalue weighted by Crippen LogP contribution is 2.67. The van der Waals surface area contributed by atoms with E-state index >= 15 is 0 Å². The summed E-state index contributed by atoms with van der Waals surface area (Å²) in [5.41, 5.74) is 1.05. The van der Waals surface area contributed by atoms with Crippen LogP contribution in [0.3, 0.4) is 0 Å². The van der Waals surface area contributed by atoms with Gasteiger partial charge in [0.15, 0.2) is 0 Å². The summed E-state index contributed by atoms with van der Waals surface area (Å²) in [7, 11) is 3.65. The van der Waals surface area contributed by atoms with Crippen LogP contribution in [0.2, 0.25) is 0 Å². The van der Waals surface area contributed by atoms with E-state index < -0.39 is 34.5 Å². The van der Waals surface area contributed by atoms with E-state index in [0.29, 0.717) is 12.0 Å². The number of nitrogens with one attached hydrogen (secondary N) is 1. The summed E-state index contributed by atoms with van der Waals surface area (Å²) in [5.74, 6) is 0.0225. The van der Waals surface area contributed by atoms with E-state index in [9.17, 15) is 14.7 Å². The van der Waals surface area contributed by atoms with Crippen molar-refractivity contribution in [2.24, 2.45) is 5.41 Å². The van der Waals surface area contributed by atoms with Crippen LogP contribution in [0.25, 0.3) is 0 Å². The fraction of sp³-hybridized carbons (Fsp3) is 0.500. The number of aryl methyl sites for hydroxylation is 1. The number of fused-ring (bicyclic) bond motifs is 1. The fourth-order valence-corrected chi connectivity index (χ4v) is 8.67. The predicted octanol–water partition coefficient (Wildman–Crippen LogP) is 3.21. The van der Waals surface area contributed by atoms with E-state index in [-0.39, 0.29) is 18.5 Å². The molecule has 3 aliphatic heterocycles. The maximum atomic E-state index is 13.4. The first-order valence-corrected chi connectivity index (χ1v) is 14.2. The van der Waals surface area contributed by atoms with Crippen LogP contribution in [0.4, 0.5) is 5.69 Å². The van der Waals surface area contributed by atoms with Gasteiger partial charge in [-0.05, 0) is 50.1 Å². The SMILES string of the molecule is CC[C@]12C=CCN3CC[C@@]4(c5ccc(OC)cc5N(C)[C@H]4C(O)(CNC(=O)c4ccc(C)cc4)[C@@H]1OC(C)=O)C32. The van der Waals surface area contributed by atoms with Crippen molar-refractivity contribution in [1.29, 1.82) is 0 Å². The van der Waals surface area contributed by atoms with Gasteiger partial charge in [0, 0.05) is 54.7 Å². The van der Waals surface area contributed by atoms with Gasteiger partial charge in [-0.25, -0.2) is 0 Å². The van der Waals surface area contributed by atoms with Crippen LogP contribution >= 0.6 is 0 Å². The first-order valence-electron chi connectivity index (χ1n) is 14.2. The molecule has 212 valence electrons. The van der Waals surface area contributed by atoms with Gasteiger partial charge >= 0.3 is 5.97 Å². The van der Waals surface area contributed by atoms with E-state index in [1.807, 2.05) is 38.2 Å². The van der Waals surface area contributed by atoms with Crippen LogP contribution in [0.5, 0.6) is 5.75 Å². The summed E-state index contributed by atoms with van der Waals surface area (Å²) >= 11 is 0. The van der Waals surface area contributed by atoms with Crippen molar-refractivity contribution in [3.8, 4) is 5.75 Å². The molecule has 4 aliphatic rings. The number of hydrogen-bond donors (Lipinski definition) is 2. The third kappa shape index (κ3) is 3.51. The second-order valence-corrected chi connectivity index (χ2v) is 12.0. The Bertz CT molecular complexity index is 1380. The Morgan fingerprint density at radius 3 is 2.58 bits per heavy atom. The molecule has 2 aromatic carbocycles. The number of anilines is 1. The summed E-state index contributed by atoms with van der Waals surface area (Å²) in [6, 6.07) is 13.1. The van der Waals surface area contributed by atoms with Gasteiger partial charge in [0.05, 0.1) is 19.7 Å². The lowest BCUT2D eigenvalue weighted by Gasteiger charge is -2.64. The smallest absolute Gasteiger partial charge is 0.303 e. The third-order valence-corrected chi connectivity index (χ3v) is 10.1. The zero-order valence-electron chi connectivity index (χ0n) is 23.9. The quantitative estimate of drug-likeness (QED) is 0.426. The number of ether oxygens (including phenoxy) is 2. The van der Waals surface area contributed by atoms with Gasteiger partial charge in [0.2, 0.25) is 0 Å². The van der Waals surface area contributed by atoms with E-state index in [1.165, 1.54) is 12.5 Å². The first-order chi connectivity index (χ1) is 19.1. The van der Waals surface area contributed by atoms with Crippen molar-refractivity contribution >= 4 is 17.6 Å². The summed E-state index contributed by atoms with van der Waals surface area (Å²) in [5, 5.41) is 16.1. The number of rotatable bonds is 6. The Balaban J connectivity index is 1.53. The maximum absolute atomic E-state index is 13.4. The Hall–Kier alpha value is -3.36. The number of nitrogens with zero attached hydrogens (tertiary/aromatic N) is 2. The van der Waals surface area contributed by atoms with Gasteiger partial charge in [0.25, 0.3) is 5.91 Å². The van der Waals surface area contributed by atoms with Gasteiger partial charge in [-0.1, -0.05) is 42.8 Å². The van der Waals surface area contributed by atoms with E-state index in [2.05, 4.69) is 40.3 Å². The lowest BCUT2D eigenvalue weighted by atomic mass is 9.47. The molecule has 1 amide bonds. The number of esters is 1. The van der Waals surface area contributed by atoms with Crippen molar-refractivity contribution in [2.45, 2.75) is 62.8 Å². The molecule has 1 aliphatic carbocycles. The largest absolute Gasteiger partial charge is 0.497 e. The standard InChI is InChI=1S/C32H39N3O5/c1-6-30-14-7-16-35-17-15-31(27(30)35)24-13-12-23(39-5)18-25(24)34(4)28(31)32(38,29(30)40-21(3)36)19-33-26(37)22-10-8-20(2)9-11-22/h7-14,18,27-29,38H,6,15-17,19H2,1-5H3,(H,33,37)/t27?,28-,29-,30-,31-,32?/m1/s1. The maximum Gasteiger partial charge on any atom is 0.303 e. The Morgan fingerprint density at radius 2 is 1.90 bits per heavy atom. The normalized spacial score (nSPS) is 33.6. The molecule has 6 rings (SSSR count). The molecule has 0 radical (unpaired) electrons. The summed E-state index contributed by atoms with van der Waals surface area (Å²) < 4.78 is 11.8. The summed E-state index contributed by atoms with van der Waals surface area (Å²) in [6.45, 7) is 7.09. The van der Waals surface area contributed by atoms with Crippen molar-refractivity contribution in [1.82, 2.24) is 10.2 Å². The van der Waals surface area contributed by atoms with Crippen molar-refractivity contribution < 1.29 is 24.2 Å². The van der Waals surface area contributed by atoms with Crippen molar-refractivity contribution in [2.75, 3.05) is 38.7 Å². The molecule has 6 atom stereocenters. The van der Waals surface area contributed by atoms with E-state index in [0.717, 1.165) is 36.5 Å². The second kappa shape index (κ2) is 9.35. The van der Waals surface area contributed by atoms with Crippen LogP contribution in [0.1, 0.15) is 48.2 Å². The zero-order chi connectivity index (χ0) is 28.4. The van der Waals surface area contributed by atoms with Gasteiger partial charge in [-0.3, -0.25) is 14.5 Å². The average molecular weight is 546 g/mol. The van der Waals surface area contributed by atoms with E-state index in [1.54, 1.807) is 19.2 Å². The Morgan fingerprint density at radius 1 is 1.15 bits per heavy atom. The van der Waals surface area contributed by atoms with Crippen LogP contribution in [0.15, 0.2) is 54.6 Å². The number of likely N-dealkylation sites (N-methyl/N-ethyl adjacent to an activating group) is 1. The van der Waals surface area contributed by atoms with Gasteiger partial charge < -0.3 is 24.8 Å². The van der Waals surface area contributed by atoms with Crippen LogP contribution in [-0.4, -0.2) is 79.5 Å². The average Bonchev–Trinajstić information content (AvgIpc) is 3.46. The van der Waals surface area contributed by atoms with Gasteiger partial charge in [-0.2, -0.15) is 0 Å². The predicted molar refractivity (Wildman–Crippen MR) is 153 cm³/mol. The molecule has 2 unspecified atom stereocenters. The molecule has 2 aromatic rings. The molecule has 1 saturated heterocycles. The lowest BCUT2D eigenvalue weighted by molar-refractivity contribution is -0.216. The minimum absolute atomic E-state index is 0.00881. The fourth-order valence-electron chi connectivity index (χ4n) is 8.67. The van der Waals surface area contributed by atoms with Crippen molar-refractivity contribution in [3.63, 3.8) is 0 Å². The lowest BCUT2D eigenvalue weighted by Crippen LogP contribution is -2.81. The van der Waals surface area contributed by atoms with Crippen LogP contribution in [0, 0.1) is 12.3 Å². The molecule has 8 nitrogen and oxygen atoms in total. The third-order valence-electron chi connectivity index (χ3n) is 10.1. The molecule has 2 fully saturated rings. The molecule has 0 bridgehead atoms. The Kier molecular flexibility index (Phi) is 6.27. The van der Waals surface area contributed by atoms with Crippen molar-refractivity contribution in [3.05, 3.63) is 71.3 Å². The van der Waals surface area contributed by atoms with E-state index in [4.69, 9.17) is 9.47 Å². The number of carbonyl (C=O) groups is 2. The highest BCUT2D eigenvalue weighted by atomic mass is 16.6. The number of benzene rings is 2. The molecule has 0 aromatic heterocycles. The Labute approximate surface area is 235 Å². The minimum atomic E-state index is -1.60.